The maximum atomic E-state index is 12.1. The molecule has 0 bridgehead atoms. The van der Waals surface area contributed by atoms with Crippen LogP contribution in [0.1, 0.15) is 46.5 Å². The van der Waals surface area contributed by atoms with Crippen LogP contribution >= 0.6 is 0 Å². The molecular weight excluding hydrogens is 255 g/mol. The van der Waals surface area contributed by atoms with Crippen molar-refractivity contribution in [1.82, 2.24) is 0 Å². The third kappa shape index (κ3) is 5.30. The zero-order valence-corrected chi connectivity index (χ0v) is 12.1. The van der Waals surface area contributed by atoms with E-state index in [-0.39, 0.29) is 17.4 Å². The Morgan fingerprint density at radius 1 is 1.16 bits per heavy atom. The van der Waals surface area contributed by atoms with Crippen molar-refractivity contribution >= 4 is 0 Å². The fraction of sp³-hybridized carbons (Fsp3) is 1.00. The number of hydrogen-bond acceptors (Lipinski definition) is 2. The van der Waals surface area contributed by atoms with Crippen LogP contribution in [0.2, 0.25) is 0 Å². The van der Waals surface area contributed by atoms with Gasteiger partial charge in [0.2, 0.25) is 0 Å². The standard InChI is InChI=1S/C14H26F3NO/c1-12(2,3)11-4-6-13(8-18,7-5-11)9-19-10-14(15,16)17/h11H,4-10,18H2,1-3H3. The largest absolute Gasteiger partial charge is 0.411 e. The van der Waals surface area contributed by atoms with Gasteiger partial charge in [-0.15, -0.1) is 0 Å². The molecular formula is C14H26F3NO. The number of halogens is 3. The first-order valence-corrected chi connectivity index (χ1v) is 6.93. The second kappa shape index (κ2) is 6.00. The molecule has 0 aromatic carbocycles. The highest BCUT2D eigenvalue weighted by Crippen LogP contribution is 2.45. The normalized spacial score (nSPS) is 29.5. The van der Waals surface area contributed by atoms with Gasteiger partial charge in [-0.25, -0.2) is 0 Å². The van der Waals surface area contributed by atoms with Gasteiger partial charge in [0.25, 0.3) is 0 Å². The van der Waals surface area contributed by atoms with Crippen LogP contribution < -0.4 is 5.73 Å². The van der Waals surface area contributed by atoms with E-state index in [0.29, 0.717) is 12.5 Å². The maximum Gasteiger partial charge on any atom is 0.411 e. The average molecular weight is 281 g/mol. The fourth-order valence-corrected chi connectivity index (χ4v) is 2.89. The van der Waals surface area contributed by atoms with Gasteiger partial charge in [0.1, 0.15) is 6.61 Å². The van der Waals surface area contributed by atoms with Crippen molar-refractivity contribution in [3.05, 3.63) is 0 Å². The second-order valence-corrected chi connectivity index (χ2v) is 6.95. The quantitative estimate of drug-likeness (QED) is 0.852. The molecule has 1 aliphatic carbocycles. The summed E-state index contributed by atoms with van der Waals surface area (Å²) in [4.78, 5) is 0. The molecule has 114 valence electrons. The van der Waals surface area contributed by atoms with E-state index in [1.165, 1.54) is 0 Å². The van der Waals surface area contributed by atoms with Crippen molar-refractivity contribution in [2.24, 2.45) is 22.5 Å². The summed E-state index contributed by atoms with van der Waals surface area (Å²) in [6.07, 6.45) is -0.475. The van der Waals surface area contributed by atoms with E-state index in [2.05, 4.69) is 20.8 Å². The lowest BCUT2D eigenvalue weighted by molar-refractivity contribution is -0.182. The van der Waals surface area contributed by atoms with Gasteiger partial charge >= 0.3 is 6.18 Å². The van der Waals surface area contributed by atoms with Crippen LogP contribution in [0.4, 0.5) is 13.2 Å². The summed E-state index contributed by atoms with van der Waals surface area (Å²) >= 11 is 0. The molecule has 2 N–H and O–H groups in total. The molecule has 0 aromatic heterocycles. The lowest BCUT2D eigenvalue weighted by atomic mass is 9.64. The van der Waals surface area contributed by atoms with Gasteiger partial charge in [0.15, 0.2) is 0 Å². The summed E-state index contributed by atoms with van der Waals surface area (Å²) in [5.41, 5.74) is 5.78. The number of ether oxygens (including phenoxy) is 1. The van der Waals surface area contributed by atoms with E-state index >= 15 is 0 Å². The van der Waals surface area contributed by atoms with Crippen LogP contribution in [0, 0.1) is 16.7 Å². The smallest absolute Gasteiger partial charge is 0.371 e. The molecule has 1 aliphatic rings. The summed E-state index contributed by atoms with van der Waals surface area (Å²) in [5.74, 6) is 0.620. The van der Waals surface area contributed by atoms with Crippen molar-refractivity contribution in [3.8, 4) is 0 Å². The molecule has 0 aromatic rings. The molecule has 0 aliphatic heterocycles. The van der Waals surface area contributed by atoms with E-state index in [1.807, 2.05) is 0 Å². The lowest BCUT2D eigenvalue weighted by Gasteiger charge is -2.43. The minimum atomic E-state index is -4.25. The highest BCUT2D eigenvalue weighted by atomic mass is 19.4. The molecule has 2 nitrogen and oxygen atoms in total. The number of alkyl halides is 3. The molecule has 0 saturated heterocycles. The molecule has 19 heavy (non-hydrogen) atoms. The van der Waals surface area contributed by atoms with Gasteiger partial charge in [-0.1, -0.05) is 20.8 Å². The first-order chi connectivity index (χ1) is 8.58. The Balaban J connectivity index is 2.47. The van der Waals surface area contributed by atoms with Crippen LogP contribution in [0.25, 0.3) is 0 Å². The molecule has 1 rings (SSSR count). The predicted molar refractivity (Wildman–Crippen MR) is 69.8 cm³/mol. The minimum Gasteiger partial charge on any atom is -0.371 e. The molecule has 0 heterocycles. The third-order valence-electron chi connectivity index (χ3n) is 4.38. The van der Waals surface area contributed by atoms with Gasteiger partial charge in [-0.05, 0) is 37.0 Å². The molecule has 5 heteroatoms. The molecule has 1 saturated carbocycles. The van der Waals surface area contributed by atoms with E-state index in [1.54, 1.807) is 0 Å². The predicted octanol–water partition coefficient (Wildman–Crippen LogP) is 3.75. The SMILES string of the molecule is CC(C)(C)C1CCC(CN)(COCC(F)(F)F)CC1. The Hall–Kier alpha value is -0.290. The van der Waals surface area contributed by atoms with Gasteiger partial charge in [0.05, 0.1) is 6.61 Å². The van der Waals surface area contributed by atoms with Crippen LogP contribution in [0.3, 0.4) is 0 Å². The molecule has 0 amide bonds. The Kier molecular flexibility index (Phi) is 5.29. The van der Waals surface area contributed by atoms with Crippen LogP contribution in [0.5, 0.6) is 0 Å². The van der Waals surface area contributed by atoms with E-state index in [9.17, 15) is 13.2 Å². The van der Waals surface area contributed by atoms with Gasteiger partial charge in [0, 0.05) is 12.0 Å². The number of rotatable bonds is 4. The van der Waals surface area contributed by atoms with E-state index < -0.39 is 12.8 Å². The zero-order valence-electron chi connectivity index (χ0n) is 12.1. The summed E-state index contributed by atoms with van der Waals surface area (Å²) in [7, 11) is 0. The Morgan fingerprint density at radius 2 is 1.68 bits per heavy atom. The van der Waals surface area contributed by atoms with Gasteiger partial charge in [-0.3, -0.25) is 0 Å². The van der Waals surface area contributed by atoms with E-state index in [0.717, 1.165) is 25.7 Å². The zero-order chi connectivity index (χ0) is 14.7. The molecule has 0 atom stereocenters. The van der Waals surface area contributed by atoms with Crippen molar-refractivity contribution < 1.29 is 17.9 Å². The molecule has 0 spiro atoms. The van der Waals surface area contributed by atoms with Crippen molar-refractivity contribution in [1.29, 1.82) is 0 Å². The van der Waals surface area contributed by atoms with Crippen LogP contribution in [-0.2, 0) is 4.74 Å². The number of nitrogens with two attached hydrogens (primary N) is 1. The summed E-state index contributed by atoms with van der Waals surface area (Å²) in [6, 6.07) is 0. The number of hydrogen-bond donors (Lipinski definition) is 1. The van der Waals surface area contributed by atoms with E-state index in [4.69, 9.17) is 10.5 Å². The van der Waals surface area contributed by atoms with Gasteiger partial charge < -0.3 is 10.5 Å². The Bertz CT molecular complexity index is 270. The van der Waals surface area contributed by atoms with Crippen molar-refractivity contribution in [3.63, 3.8) is 0 Å². The minimum absolute atomic E-state index is 0.125. The summed E-state index contributed by atoms with van der Waals surface area (Å²) < 4.78 is 41.1. The highest BCUT2D eigenvalue weighted by molar-refractivity contribution is 4.89. The maximum absolute atomic E-state index is 12.1. The van der Waals surface area contributed by atoms with Crippen molar-refractivity contribution in [2.45, 2.75) is 52.6 Å². The van der Waals surface area contributed by atoms with Crippen LogP contribution in [0.15, 0.2) is 0 Å². The topological polar surface area (TPSA) is 35.2 Å². The lowest BCUT2D eigenvalue weighted by Crippen LogP contribution is -2.41. The fourth-order valence-electron chi connectivity index (χ4n) is 2.89. The molecule has 0 unspecified atom stereocenters. The average Bonchev–Trinajstić information content (AvgIpc) is 2.26. The second-order valence-electron chi connectivity index (χ2n) is 6.95. The Labute approximate surface area is 113 Å². The van der Waals surface area contributed by atoms with Gasteiger partial charge in [-0.2, -0.15) is 13.2 Å². The first-order valence-electron chi connectivity index (χ1n) is 6.93. The molecule has 0 radical (unpaired) electrons. The first kappa shape index (κ1) is 16.8. The Morgan fingerprint density at radius 3 is 2.05 bits per heavy atom. The molecule has 1 fully saturated rings. The van der Waals surface area contributed by atoms with Crippen LogP contribution in [-0.4, -0.2) is 25.9 Å². The monoisotopic (exact) mass is 281 g/mol. The third-order valence-corrected chi connectivity index (χ3v) is 4.38. The van der Waals surface area contributed by atoms with Crippen molar-refractivity contribution in [2.75, 3.05) is 19.8 Å². The summed E-state index contributed by atoms with van der Waals surface area (Å²) in [6.45, 7) is 6.01. The highest BCUT2D eigenvalue weighted by Gasteiger charge is 2.39. The summed E-state index contributed by atoms with van der Waals surface area (Å²) in [5, 5.41) is 0.